The fourth-order valence-corrected chi connectivity index (χ4v) is 2.65. The van der Waals surface area contributed by atoms with Gasteiger partial charge in [-0.25, -0.2) is 18.1 Å². The SMILES string of the molecule is O=S(=O)(NCC1(O)CCOCC1)c1cnc[nH]1. The first kappa shape index (κ1) is 12.5. The molecule has 1 aliphatic rings. The van der Waals surface area contributed by atoms with Crippen molar-refractivity contribution in [2.75, 3.05) is 19.8 Å². The third-order valence-electron chi connectivity index (χ3n) is 2.78. The minimum Gasteiger partial charge on any atom is -0.388 e. The summed E-state index contributed by atoms with van der Waals surface area (Å²) in [6.45, 7) is 0.877. The summed E-state index contributed by atoms with van der Waals surface area (Å²) in [5, 5.41) is 10.1. The predicted octanol–water partition coefficient (Wildman–Crippen LogP) is -0.771. The first-order chi connectivity index (χ1) is 8.02. The molecule has 0 saturated carbocycles. The fourth-order valence-electron chi connectivity index (χ4n) is 1.63. The molecule has 1 aromatic rings. The Balaban J connectivity index is 1.98. The van der Waals surface area contributed by atoms with Crippen LogP contribution >= 0.6 is 0 Å². The highest BCUT2D eigenvalue weighted by molar-refractivity contribution is 7.89. The van der Waals surface area contributed by atoms with E-state index >= 15 is 0 Å². The number of aliphatic hydroxyl groups is 1. The summed E-state index contributed by atoms with van der Waals surface area (Å²) in [5.41, 5.74) is -1.02. The summed E-state index contributed by atoms with van der Waals surface area (Å²) < 4.78 is 31.0. The zero-order valence-corrected chi connectivity index (χ0v) is 10.0. The Morgan fingerprint density at radius 2 is 2.24 bits per heavy atom. The number of aromatic amines is 1. The summed E-state index contributed by atoms with van der Waals surface area (Å²) in [6.07, 6.45) is 3.37. The Bertz CT molecular complexity index is 451. The van der Waals surface area contributed by atoms with Gasteiger partial charge in [-0.1, -0.05) is 0 Å². The smallest absolute Gasteiger partial charge is 0.257 e. The molecule has 1 fully saturated rings. The predicted molar refractivity (Wildman–Crippen MR) is 58.8 cm³/mol. The molecule has 2 heterocycles. The van der Waals surface area contributed by atoms with Crippen molar-refractivity contribution in [3.05, 3.63) is 12.5 Å². The molecule has 3 N–H and O–H groups in total. The van der Waals surface area contributed by atoms with Crippen molar-refractivity contribution in [2.24, 2.45) is 0 Å². The lowest BCUT2D eigenvalue weighted by molar-refractivity contribution is -0.0588. The third-order valence-corrected chi connectivity index (χ3v) is 4.10. The molecule has 1 aliphatic heterocycles. The van der Waals surface area contributed by atoms with Gasteiger partial charge in [-0.3, -0.25) is 0 Å². The van der Waals surface area contributed by atoms with E-state index in [4.69, 9.17) is 4.74 Å². The highest BCUT2D eigenvalue weighted by Crippen LogP contribution is 2.19. The summed E-state index contributed by atoms with van der Waals surface area (Å²) in [6, 6.07) is 0. The number of nitrogens with one attached hydrogen (secondary N) is 2. The van der Waals surface area contributed by atoms with Gasteiger partial charge < -0.3 is 14.8 Å². The lowest BCUT2D eigenvalue weighted by Crippen LogP contribution is -2.46. The van der Waals surface area contributed by atoms with Gasteiger partial charge in [-0.2, -0.15) is 0 Å². The zero-order chi connectivity index (χ0) is 12.4. The van der Waals surface area contributed by atoms with E-state index in [1.54, 1.807) is 0 Å². The van der Waals surface area contributed by atoms with E-state index in [-0.39, 0.29) is 11.6 Å². The Kier molecular flexibility index (Phi) is 3.48. The molecule has 17 heavy (non-hydrogen) atoms. The Morgan fingerprint density at radius 3 is 2.82 bits per heavy atom. The van der Waals surface area contributed by atoms with Crippen LogP contribution in [0, 0.1) is 0 Å². The van der Waals surface area contributed by atoms with E-state index in [9.17, 15) is 13.5 Å². The number of nitrogens with zero attached hydrogens (tertiary/aromatic N) is 1. The minimum absolute atomic E-state index is 0.00633. The topological polar surface area (TPSA) is 104 Å². The molecule has 2 rings (SSSR count). The third kappa shape index (κ3) is 3.03. The van der Waals surface area contributed by atoms with Gasteiger partial charge in [0.1, 0.15) is 0 Å². The van der Waals surface area contributed by atoms with Gasteiger partial charge in [0, 0.05) is 32.6 Å². The molecule has 96 valence electrons. The first-order valence-corrected chi connectivity index (χ1v) is 6.78. The van der Waals surface area contributed by atoms with Crippen LogP contribution in [0.25, 0.3) is 0 Å². The second-order valence-corrected chi connectivity index (χ2v) is 5.81. The maximum Gasteiger partial charge on any atom is 0.257 e. The number of hydrogen-bond acceptors (Lipinski definition) is 5. The van der Waals surface area contributed by atoms with Crippen LogP contribution in [0.3, 0.4) is 0 Å². The minimum atomic E-state index is -3.62. The molecule has 1 aromatic heterocycles. The maximum atomic E-state index is 11.8. The quantitative estimate of drug-likeness (QED) is 0.660. The van der Waals surface area contributed by atoms with E-state index < -0.39 is 15.6 Å². The lowest BCUT2D eigenvalue weighted by atomic mass is 9.95. The average molecular weight is 261 g/mol. The second-order valence-electron chi connectivity index (χ2n) is 4.08. The van der Waals surface area contributed by atoms with Crippen LogP contribution in [-0.4, -0.2) is 48.9 Å². The van der Waals surface area contributed by atoms with Gasteiger partial charge in [0.05, 0.1) is 18.1 Å². The summed E-state index contributed by atoms with van der Waals surface area (Å²) >= 11 is 0. The van der Waals surface area contributed by atoms with Gasteiger partial charge >= 0.3 is 0 Å². The van der Waals surface area contributed by atoms with E-state index in [2.05, 4.69) is 14.7 Å². The number of hydrogen-bond donors (Lipinski definition) is 3. The molecule has 0 aliphatic carbocycles. The molecule has 0 aromatic carbocycles. The summed E-state index contributed by atoms with van der Waals surface area (Å²) in [4.78, 5) is 6.15. The molecule has 0 amide bonds. The van der Waals surface area contributed by atoms with E-state index in [1.807, 2.05) is 0 Å². The van der Waals surface area contributed by atoms with E-state index in [1.165, 1.54) is 12.5 Å². The standard InChI is InChI=1S/C9H15N3O4S/c13-9(1-3-16-4-2-9)6-12-17(14,15)8-5-10-7-11-8/h5,7,12-13H,1-4,6H2,(H,10,11). The number of ether oxygens (including phenoxy) is 1. The van der Waals surface area contributed by atoms with E-state index in [0.29, 0.717) is 26.1 Å². The Labute approximate surface area is 99.3 Å². The molecular formula is C9H15N3O4S. The molecular weight excluding hydrogens is 246 g/mol. The fraction of sp³-hybridized carbons (Fsp3) is 0.667. The van der Waals surface area contributed by atoms with Crippen LogP contribution in [0.5, 0.6) is 0 Å². The number of sulfonamides is 1. The van der Waals surface area contributed by atoms with Crippen LogP contribution < -0.4 is 4.72 Å². The van der Waals surface area contributed by atoms with Crippen molar-refractivity contribution < 1.29 is 18.3 Å². The normalized spacial score (nSPS) is 20.3. The molecule has 0 radical (unpaired) electrons. The largest absolute Gasteiger partial charge is 0.388 e. The van der Waals surface area contributed by atoms with Crippen molar-refractivity contribution in [3.8, 4) is 0 Å². The second kappa shape index (κ2) is 4.73. The van der Waals surface area contributed by atoms with Gasteiger partial charge in [0.15, 0.2) is 5.03 Å². The van der Waals surface area contributed by atoms with Crippen molar-refractivity contribution in [1.29, 1.82) is 0 Å². The lowest BCUT2D eigenvalue weighted by Gasteiger charge is -2.31. The molecule has 0 bridgehead atoms. The van der Waals surface area contributed by atoms with Crippen LogP contribution in [-0.2, 0) is 14.8 Å². The molecule has 0 atom stereocenters. The average Bonchev–Trinajstić information content (AvgIpc) is 2.82. The Hall–Kier alpha value is -0.960. The van der Waals surface area contributed by atoms with Gasteiger partial charge in [0.25, 0.3) is 10.0 Å². The van der Waals surface area contributed by atoms with Crippen LogP contribution in [0.4, 0.5) is 0 Å². The molecule has 0 spiro atoms. The van der Waals surface area contributed by atoms with Crippen LogP contribution in [0.2, 0.25) is 0 Å². The van der Waals surface area contributed by atoms with Gasteiger partial charge in [-0.05, 0) is 0 Å². The van der Waals surface area contributed by atoms with Crippen molar-refractivity contribution in [1.82, 2.24) is 14.7 Å². The van der Waals surface area contributed by atoms with Crippen LogP contribution in [0.1, 0.15) is 12.8 Å². The highest BCUT2D eigenvalue weighted by atomic mass is 32.2. The summed E-state index contributed by atoms with van der Waals surface area (Å²) in [7, 11) is -3.62. The zero-order valence-electron chi connectivity index (χ0n) is 9.22. The maximum absolute atomic E-state index is 11.8. The van der Waals surface area contributed by atoms with Crippen LogP contribution in [0.15, 0.2) is 17.6 Å². The number of imidazole rings is 1. The first-order valence-electron chi connectivity index (χ1n) is 5.30. The molecule has 8 heteroatoms. The Morgan fingerprint density at radius 1 is 1.53 bits per heavy atom. The summed E-state index contributed by atoms with van der Waals surface area (Å²) in [5.74, 6) is 0. The highest BCUT2D eigenvalue weighted by Gasteiger charge is 2.31. The van der Waals surface area contributed by atoms with E-state index in [0.717, 1.165) is 0 Å². The van der Waals surface area contributed by atoms with Crippen molar-refractivity contribution >= 4 is 10.0 Å². The number of H-pyrrole nitrogens is 1. The number of rotatable bonds is 4. The molecule has 0 unspecified atom stereocenters. The van der Waals surface area contributed by atoms with Crippen molar-refractivity contribution in [2.45, 2.75) is 23.5 Å². The molecule has 1 saturated heterocycles. The van der Waals surface area contributed by atoms with Gasteiger partial charge in [-0.15, -0.1) is 0 Å². The molecule has 7 nitrogen and oxygen atoms in total. The monoisotopic (exact) mass is 261 g/mol. The number of aromatic nitrogens is 2. The van der Waals surface area contributed by atoms with Gasteiger partial charge in [0.2, 0.25) is 0 Å². The van der Waals surface area contributed by atoms with Crippen molar-refractivity contribution in [3.63, 3.8) is 0 Å².